The molecule has 1 saturated heterocycles. The van der Waals surface area contributed by atoms with E-state index in [4.69, 9.17) is 10.00 Å². The van der Waals surface area contributed by atoms with Crippen molar-refractivity contribution >= 4 is 32.9 Å². The monoisotopic (exact) mass is 602 g/mol. The second-order valence-corrected chi connectivity index (χ2v) is 14.0. The smallest absolute Gasteiger partial charge is 0.365 e. The number of amides is 1. The third-order valence-electron chi connectivity index (χ3n) is 7.79. The van der Waals surface area contributed by atoms with Crippen LogP contribution in [0.1, 0.15) is 51.7 Å². The van der Waals surface area contributed by atoms with Gasteiger partial charge in [-0.05, 0) is 75.2 Å². The molecule has 42 heavy (non-hydrogen) atoms. The molecule has 3 heterocycles. The van der Waals surface area contributed by atoms with Crippen molar-refractivity contribution in [1.29, 1.82) is 5.26 Å². The number of fused-ring (bicyclic) bond motifs is 3. The van der Waals surface area contributed by atoms with Crippen molar-refractivity contribution in [3.8, 4) is 6.07 Å². The van der Waals surface area contributed by atoms with E-state index in [1.54, 1.807) is 6.07 Å². The van der Waals surface area contributed by atoms with Gasteiger partial charge in [-0.15, -0.1) is 0 Å². The van der Waals surface area contributed by atoms with Crippen LogP contribution < -0.4 is 9.21 Å². The molecule has 3 aliphatic rings. The first-order chi connectivity index (χ1) is 19.5. The van der Waals surface area contributed by atoms with Gasteiger partial charge in [0.15, 0.2) is 0 Å². The number of hydrogen-bond donors (Lipinski definition) is 0. The van der Waals surface area contributed by atoms with Crippen LogP contribution in [0.15, 0.2) is 53.4 Å². The Bertz CT molecular complexity index is 1590. The number of ether oxygens (including phenoxy) is 1. The van der Waals surface area contributed by atoms with Gasteiger partial charge in [0.05, 0.1) is 51.7 Å². The van der Waals surface area contributed by atoms with Crippen molar-refractivity contribution in [1.82, 2.24) is 4.90 Å². The van der Waals surface area contributed by atoms with Gasteiger partial charge in [-0.3, -0.25) is 9.10 Å². The number of sulfonamides is 1. The van der Waals surface area contributed by atoms with Crippen LogP contribution in [0.25, 0.3) is 5.57 Å². The lowest BCUT2D eigenvalue weighted by molar-refractivity contribution is -0.137. The summed E-state index contributed by atoms with van der Waals surface area (Å²) in [5, 5.41) is 8.99. The van der Waals surface area contributed by atoms with Crippen LogP contribution in [0.3, 0.4) is 0 Å². The van der Waals surface area contributed by atoms with Crippen LogP contribution in [-0.4, -0.2) is 62.6 Å². The molecule has 12 heteroatoms. The largest absolute Gasteiger partial charge is 0.416 e. The van der Waals surface area contributed by atoms with Crippen LogP contribution in [0.5, 0.6) is 0 Å². The van der Waals surface area contributed by atoms with Gasteiger partial charge in [0.25, 0.3) is 10.0 Å². The first-order valence-electron chi connectivity index (χ1n) is 13.7. The quantitative estimate of drug-likeness (QED) is 0.477. The molecular weight excluding hydrogens is 569 g/mol. The average molecular weight is 603 g/mol. The molecule has 3 aliphatic heterocycles. The lowest BCUT2D eigenvalue weighted by atomic mass is 9.85. The second kappa shape index (κ2) is 10.3. The van der Waals surface area contributed by atoms with Gasteiger partial charge in [-0.25, -0.2) is 8.42 Å². The van der Waals surface area contributed by atoms with Crippen LogP contribution in [0.2, 0.25) is 0 Å². The first-order valence-corrected chi connectivity index (χ1v) is 15.1. The van der Waals surface area contributed by atoms with Crippen molar-refractivity contribution < 1.29 is 31.1 Å². The van der Waals surface area contributed by atoms with Gasteiger partial charge in [0.2, 0.25) is 5.91 Å². The summed E-state index contributed by atoms with van der Waals surface area (Å²) in [4.78, 5) is 15.6. The van der Waals surface area contributed by atoms with Gasteiger partial charge < -0.3 is 14.5 Å². The predicted octanol–water partition coefficient (Wildman–Crippen LogP) is 5.21. The number of hydrogen-bond acceptors (Lipinski definition) is 6. The normalized spacial score (nSPS) is 21.6. The standard InChI is InChI=1S/C30H33F3N4O4S/c1-28(2)16-21(17-29(3,4)41-28)20-8-9-25-26(14-20)37(19-23-18-35(12-13-36(23)25)27(38)10-11-34)42(39,40)24-7-5-6-22(15-24)30(31,32)33/h5-9,14-16,23H,10,12-13,17-19H2,1-4H3/t23-/m0/s1. The third-order valence-corrected chi connectivity index (χ3v) is 9.57. The summed E-state index contributed by atoms with van der Waals surface area (Å²) < 4.78 is 76.1. The minimum atomic E-state index is -4.71. The highest BCUT2D eigenvalue weighted by Gasteiger charge is 2.42. The molecule has 2 aromatic rings. The number of alkyl halides is 3. The van der Waals surface area contributed by atoms with Crippen molar-refractivity contribution in [2.45, 2.75) is 68.9 Å². The van der Waals surface area contributed by atoms with Gasteiger partial charge in [-0.2, -0.15) is 18.4 Å². The summed E-state index contributed by atoms with van der Waals surface area (Å²) in [7, 11) is -4.44. The van der Waals surface area contributed by atoms with E-state index >= 15 is 0 Å². The molecule has 2 aromatic carbocycles. The highest BCUT2D eigenvalue weighted by Crippen LogP contribution is 2.44. The molecule has 0 aromatic heterocycles. The van der Waals surface area contributed by atoms with Gasteiger partial charge in [0, 0.05) is 26.1 Å². The van der Waals surface area contributed by atoms with E-state index in [1.165, 1.54) is 4.90 Å². The van der Waals surface area contributed by atoms with Crippen LogP contribution in [0.4, 0.5) is 24.5 Å². The lowest BCUT2D eigenvalue weighted by Crippen LogP contribution is -2.61. The molecule has 224 valence electrons. The summed E-state index contributed by atoms with van der Waals surface area (Å²) >= 11 is 0. The molecule has 5 rings (SSSR count). The molecule has 0 spiro atoms. The van der Waals surface area contributed by atoms with Crippen molar-refractivity contribution in [2.24, 2.45) is 0 Å². The number of nitriles is 1. The van der Waals surface area contributed by atoms with Crippen LogP contribution in [0, 0.1) is 11.3 Å². The number of anilines is 2. The fourth-order valence-corrected chi connectivity index (χ4v) is 7.82. The minimum absolute atomic E-state index is 0.0789. The third kappa shape index (κ3) is 5.72. The number of nitrogens with zero attached hydrogens (tertiary/aromatic N) is 4. The van der Waals surface area contributed by atoms with E-state index in [-0.39, 0.29) is 25.4 Å². The van der Waals surface area contributed by atoms with Crippen LogP contribution >= 0.6 is 0 Å². The number of rotatable bonds is 4. The molecule has 0 saturated carbocycles. The molecule has 8 nitrogen and oxygen atoms in total. The molecule has 0 unspecified atom stereocenters. The van der Waals surface area contributed by atoms with E-state index < -0.39 is 43.9 Å². The van der Waals surface area contributed by atoms with E-state index in [0.717, 1.165) is 33.6 Å². The Kier molecular flexibility index (Phi) is 7.34. The Morgan fingerprint density at radius 3 is 2.48 bits per heavy atom. The first kappa shape index (κ1) is 29.9. The highest BCUT2D eigenvalue weighted by atomic mass is 32.2. The zero-order valence-electron chi connectivity index (χ0n) is 23.9. The summed E-state index contributed by atoms with van der Waals surface area (Å²) in [5.74, 6) is -0.345. The Labute approximate surface area is 244 Å². The summed E-state index contributed by atoms with van der Waals surface area (Å²) in [5.41, 5.74) is 0.663. The van der Waals surface area contributed by atoms with Crippen molar-refractivity contribution in [3.05, 3.63) is 59.7 Å². The molecule has 1 amide bonds. The Balaban J connectivity index is 1.62. The fourth-order valence-electron chi connectivity index (χ4n) is 6.27. The summed E-state index contributed by atoms with van der Waals surface area (Å²) in [6, 6.07) is 10.7. The van der Waals surface area contributed by atoms with Gasteiger partial charge >= 0.3 is 6.18 Å². The van der Waals surface area contributed by atoms with E-state index in [1.807, 2.05) is 56.9 Å². The maximum absolute atomic E-state index is 14.1. The number of carbonyl (C=O) groups excluding carboxylic acids is 1. The lowest BCUT2D eigenvalue weighted by Gasteiger charge is -2.49. The maximum atomic E-state index is 14.1. The van der Waals surface area contributed by atoms with Crippen molar-refractivity contribution in [3.63, 3.8) is 0 Å². The number of halogens is 3. The predicted molar refractivity (Wildman–Crippen MR) is 152 cm³/mol. The zero-order valence-corrected chi connectivity index (χ0v) is 24.7. The van der Waals surface area contributed by atoms with Crippen LogP contribution in [-0.2, 0) is 25.7 Å². The van der Waals surface area contributed by atoms with Gasteiger partial charge in [-0.1, -0.05) is 12.1 Å². The van der Waals surface area contributed by atoms with E-state index in [9.17, 15) is 26.4 Å². The maximum Gasteiger partial charge on any atom is 0.416 e. The Morgan fingerprint density at radius 2 is 1.81 bits per heavy atom. The average Bonchev–Trinajstić information content (AvgIpc) is 2.90. The van der Waals surface area contributed by atoms with Gasteiger partial charge in [0.1, 0.15) is 6.42 Å². The van der Waals surface area contributed by atoms with E-state index in [0.29, 0.717) is 37.0 Å². The number of benzene rings is 2. The zero-order chi connectivity index (χ0) is 30.7. The van der Waals surface area contributed by atoms with E-state index in [2.05, 4.69) is 0 Å². The minimum Gasteiger partial charge on any atom is -0.365 e. The number of carbonyl (C=O) groups is 1. The molecule has 0 N–H and O–H groups in total. The fraction of sp³-hybridized carbons (Fsp3) is 0.467. The topological polar surface area (TPSA) is 94.0 Å². The molecule has 0 radical (unpaired) electrons. The summed E-state index contributed by atoms with van der Waals surface area (Å²) in [6.45, 7) is 8.77. The summed E-state index contributed by atoms with van der Waals surface area (Å²) in [6.07, 6.45) is -2.41. The Morgan fingerprint density at radius 1 is 1.07 bits per heavy atom. The molecule has 1 atom stereocenters. The van der Waals surface area contributed by atoms with Crippen molar-refractivity contribution in [2.75, 3.05) is 35.4 Å². The molecular formula is C30H33F3N4O4S. The SMILES string of the molecule is CC1(C)C=C(c2ccc3c(c2)N(S(=O)(=O)c2cccc(C(F)(F)F)c2)C[C@@H]2CN(C(=O)CC#N)CCN32)CC(C)(C)O1. The number of piperazine rings is 1. The second-order valence-electron chi connectivity index (χ2n) is 12.1. The highest BCUT2D eigenvalue weighted by molar-refractivity contribution is 7.92. The molecule has 1 fully saturated rings. The molecule has 0 bridgehead atoms. The Hall–Kier alpha value is -3.56. The molecule has 0 aliphatic carbocycles.